The van der Waals surface area contributed by atoms with E-state index in [0.29, 0.717) is 17.2 Å². The fourth-order valence-electron chi connectivity index (χ4n) is 1.51. The molecule has 0 radical (unpaired) electrons. The van der Waals surface area contributed by atoms with E-state index in [4.69, 9.17) is 16.3 Å². The molecule has 0 fully saturated rings. The van der Waals surface area contributed by atoms with Gasteiger partial charge in [0.2, 0.25) is 0 Å². The average Bonchev–Trinajstić information content (AvgIpc) is 2.38. The Kier molecular flexibility index (Phi) is 4.31. The zero-order valence-corrected chi connectivity index (χ0v) is 10.4. The lowest BCUT2D eigenvalue weighted by atomic mass is 10.1. The van der Waals surface area contributed by atoms with Gasteiger partial charge in [0.1, 0.15) is 12.4 Å². The first-order chi connectivity index (χ1) is 8.74. The summed E-state index contributed by atoms with van der Waals surface area (Å²) in [6, 6.07) is 11.2. The minimum absolute atomic E-state index is 0.0150. The topological polar surface area (TPSA) is 39.2 Å². The second kappa shape index (κ2) is 6.17. The van der Waals surface area contributed by atoms with E-state index in [0.717, 1.165) is 5.56 Å². The highest BCUT2D eigenvalue weighted by atomic mass is 35.5. The molecule has 0 unspecified atom stereocenters. The van der Waals surface area contributed by atoms with Crippen molar-refractivity contribution in [2.45, 2.75) is 6.42 Å². The van der Waals surface area contributed by atoms with Crippen LogP contribution in [0.4, 0.5) is 0 Å². The molecule has 0 bridgehead atoms. The molecular weight excluding hydrogens is 250 g/mol. The lowest BCUT2D eigenvalue weighted by Gasteiger charge is -2.05. The Hall–Kier alpha value is -1.87. The molecule has 0 spiro atoms. The monoisotopic (exact) mass is 261 g/mol. The molecule has 4 heteroatoms. The molecule has 0 saturated heterocycles. The Bertz CT molecular complexity index is 528. The van der Waals surface area contributed by atoms with Gasteiger partial charge < -0.3 is 4.74 Å². The minimum atomic E-state index is 0.0150. The molecule has 0 aliphatic heterocycles. The van der Waals surface area contributed by atoms with Crippen LogP contribution in [0.2, 0.25) is 5.02 Å². The van der Waals surface area contributed by atoms with Crippen LogP contribution in [0.15, 0.2) is 48.8 Å². The number of halogens is 1. The summed E-state index contributed by atoms with van der Waals surface area (Å²) in [6.07, 6.45) is 3.41. The van der Waals surface area contributed by atoms with Gasteiger partial charge in [-0.2, -0.15) is 0 Å². The third kappa shape index (κ3) is 3.86. The molecule has 0 aliphatic rings. The largest absolute Gasteiger partial charge is 0.484 e. The molecule has 2 aromatic rings. The van der Waals surface area contributed by atoms with Crippen molar-refractivity contribution in [3.8, 4) is 5.75 Å². The molecule has 0 aliphatic carbocycles. The highest BCUT2D eigenvalue weighted by Gasteiger charge is 2.05. The van der Waals surface area contributed by atoms with Gasteiger partial charge in [-0.05, 0) is 5.56 Å². The van der Waals surface area contributed by atoms with Crippen LogP contribution in [0.3, 0.4) is 0 Å². The van der Waals surface area contributed by atoms with E-state index in [-0.39, 0.29) is 12.4 Å². The van der Waals surface area contributed by atoms with Crippen LogP contribution in [-0.2, 0) is 11.2 Å². The standard InChI is InChI=1S/C14H12ClNO2/c15-12-7-14(9-16-8-12)18-10-13(17)6-11-4-2-1-3-5-11/h1-5,7-9H,6,10H2. The normalized spacial score (nSPS) is 10.1. The Balaban J connectivity index is 1.85. The van der Waals surface area contributed by atoms with Crippen molar-refractivity contribution in [2.24, 2.45) is 0 Å². The summed E-state index contributed by atoms with van der Waals surface area (Å²) in [5, 5.41) is 0.489. The third-order valence-electron chi connectivity index (χ3n) is 2.32. The first kappa shape index (κ1) is 12.6. The predicted molar refractivity (Wildman–Crippen MR) is 69.9 cm³/mol. The highest BCUT2D eigenvalue weighted by molar-refractivity contribution is 6.30. The van der Waals surface area contributed by atoms with Crippen molar-refractivity contribution in [1.82, 2.24) is 4.98 Å². The SMILES string of the molecule is O=C(COc1cncc(Cl)c1)Cc1ccccc1. The van der Waals surface area contributed by atoms with Gasteiger partial charge in [0.15, 0.2) is 5.78 Å². The van der Waals surface area contributed by atoms with E-state index in [1.54, 1.807) is 6.07 Å². The van der Waals surface area contributed by atoms with Gasteiger partial charge in [-0.25, -0.2) is 0 Å². The summed E-state index contributed by atoms with van der Waals surface area (Å²) >= 11 is 5.76. The summed E-state index contributed by atoms with van der Waals surface area (Å²) in [5.41, 5.74) is 0.982. The first-order valence-electron chi connectivity index (χ1n) is 5.53. The van der Waals surface area contributed by atoms with E-state index in [9.17, 15) is 4.79 Å². The van der Waals surface area contributed by atoms with Gasteiger partial charge in [-0.15, -0.1) is 0 Å². The molecule has 1 aromatic carbocycles. The summed E-state index contributed by atoms with van der Waals surface area (Å²) in [4.78, 5) is 15.6. The fraction of sp³-hybridized carbons (Fsp3) is 0.143. The molecule has 1 heterocycles. The number of carbonyl (C=O) groups excluding carboxylic acids is 1. The average molecular weight is 262 g/mol. The van der Waals surface area contributed by atoms with E-state index in [2.05, 4.69) is 4.98 Å². The van der Waals surface area contributed by atoms with Crippen LogP contribution in [0.5, 0.6) is 5.75 Å². The summed E-state index contributed by atoms with van der Waals surface area (Å²) in [7, 11) is 0. The summed E-state index contributed by atoms with van der Waals surface area (Å²) < 4.78 is 5.32. The summed E-state index contributed by atoms with van der Waals surface area (Å²) in [5.74, 6) is 0.519. The van der Waals surface area contributed by atoms with E-state index < -0.39 is 0 Å². The van der Waals surface area contributed by atoms with Crippen LogP contribution in [0, 0.1) is 0 Å². The summed E-state index contributed by atoms with van der Waals surface area (Å²) in [6.45, 7) is 0.0247. The third-order valence-corrected chi connectivity index (χ3v) is 2.53. The lowest BCUT2D eigenvalue weighted by Crippen LogP contribution is -2.13. The van der Waals surface area contributed by atoms with Crippen molar-refractivity contribution in [2.75, 3.05) is 6.61 Å². The van der Waals surface area contributed by atoms with Gasteiger partial charge in [0.05, 0.1) is 11.2 Å². The van der Waals surface area contributed by atoms with Crippen LogP contribution in [0.1, 0.15) is 5.56 Å². The number of rotatable bonds is 5. The number of nitrogens with zero attached hydrogens (tertiary/aromatic N) is 1. The van der Waals surface area contributed by atoms with Crippen LogP contribution >= 0.6 is 11.6 Å². The number of pyridine rings is 1. The van der Waals surface area contributed by atoms with Crippen LogP contribution < -0.4 is 4.74 Å². The molecule has 0 N–H and O–H groups in total. The minimum Gasteiger partial charge on any atom is -0.484 e. The predicted octanol–water partition coefficient (Wildman–Crippen LogP) is 2.93. The fourth-order valence-corrected chi connectivity index (χ4v) is 1.67. The molecule has 1 aromatic heterocycles. The molecule has 0 amide bonds. The second-order valence-corrected chi connectivity index (χ2v) is 4.27. The van der Waals surface area contributed by atoms with Gasteiger partial charge in [-0.3, -0.25) is 9.78 Å². The van der Waals surface area contributed by atoms with Crippen molar-refractivity contribution < 1.29 is 9.53 Å². The number of ketones is 1. The lowest BCUT2D eigenvalue weighted by molar-refractivity contribution is -0.120. The highest BCUT2D eigenvalue weighted by Crippen LogP contribution is 2.15. The smallest absolute Gasteiger partial charge is 0.174 e. The van der Waals surface area contributed by atoms with Gasteiger partial charge in [0.25, 0.3) is 0 Å². The second-order valence-electron chi connectivity index (χ2n) is 3.83. The molecule has 92 valence electrons. The number of hydrogen-bond acceptors (Lipinski definition) is 3. The van der Waals surface area contributed by atoms with Crippen LogP contribution in [0.25, 0.3) is 0 Å². The number of aromatic nitrogens is 1. The molecular formula is C14H12ClNO2. The zero-order chi connectivity index (χ0) is 12.8. The van der Waals surface area contributed by atoms with E-state index >= 15 is 0 Å². The van der Waals surface area contributed by atoms with Gasteiger partial charge in [0, 0.05) is 18.7 Å². The van der Waals surface area contributed by atoms with Crippen molar-refractivity contribution in [3.63, 3.8) is 0 Å². The van der Waals surface area contributed by atoms with Crippen LogP contribution in [-0.4, -0.2) is 17.4 Å². The Morgan fingerprint density at radius 2 is 2.00 bits per heavy atom. The Morgan fingerprint density at radius 3 is 2.72 bits per heavy atom. The Labute approximate surface area is 110 Å². The maximum Gasteiger partial charge on any atom is 0.174 e. The molecule has 18 heavy (non-hydrogen) atoms. The number of ether oxygens (including phenoxy) is 1. The number of Topliss-reactive ketones (excluding diaryl/α,β-unsaturated/α-hetero) is 1. The van der Waals surface area contributed by atoms with Crippen molar-refractivity contribution in [3.05, 3.63) is 59.4 Å². The van der Waals surface area contributed by atoms with Gasteiger partial charge in [-0.1, -0.05) is 41.9 Å². The molecule has 0 atom stereocenters. The molecule has 2 rings (SSSR count). The number of carbonyl (C=O) groups is 1. The quantitative estimate of drug-likeness (QED) is 0.831. The van der Waals surface area contributed by atoms with E-state index in [1.165, 1.54) is 12.4 Å². The van der Waals surface area contributed by atoms with Crippen molar-refractivity contribution >= 4 is 17.4 Å². The van der Waals surface area contributed by atoms with E-state index in [1.807, 2.05) is 30.3 Å². The Morgan fingerprint density at radius 1 is 1.22 bits per heavy atom. The molecule has 3 nitrogen and oxygen atoms in total. The first-order valence-corrected chi connectivity index (χ1v) is 5.91. The zero-order valence-electron chi connectivity index (χ0n) is 9.67. The van der Waals surface area contributed by atoms with Crippen molar-refractivity contribution in [1.29, 1.82) is 0 Å². The number of benzene rings is 1. The molecule has 0 saturated carbocycles. The maximum absolute atomic E-state index is 11.7. The number of hydrogen-bond donors (Lipinski definition) is 0. The van der Waals surface area contributed by atoms with Gasteiger partial charge >= 0.3 is 0 Å². The maximum atomic E-state index is 11.7.